The third-order valence-corrected chi connectivity index (χ3v) is 4.38. The Hall–Kier alpha value is -2.12. The van der Waals surface area contributed by atoms with E-state index in [1.807, 2.05) is 0 Å². The van der Waals surface area contributed by atoms with Crippen molar-refractivity contribution in [3.63, 3.8) is 0 Å². The van der Waals surface area contributed by atoms with Crippen LogP contribution in [0.5, 0.6) is 0 Å². The number of benzene rings is 2. The lowest BCUT2D eigenvalue weighted by molar-refractivity contribution is 0.315. The number of hydrogen-bond acceptors (Lipinski definition) is 5. The van der Waals surface area contributed by atoms with Crippen molar-refractivity contribution in [1.29, 1.82) is 0 Å². The number of anilines is 1. The molecule has 0 atom stereocenters. The van der Waals surface area contributed by atoms with Crippen LogP contribution in [0, 0.1) is 0 Å². The van der Waals surface area contributed by atoms with Crippen molar-refractivity contribution in [2.45, 2.75) is 4.90 Å². The first-order chi connectivity index (χ1) is 9.58. The summed E-state index contributed by atoms with van der Waals surface area (Å²) in [5.41, 5.74) is 0.835. The summed E-state index contributed by atoms with van der Waals surface area (Å²) in [7, 11) is -3.83. The molecule has 0 saturated carbocycles. The Balaban J connectivity index is 2.09. The van der Waals surface area contributed by atoms with E-state index in [-0.39, 0.29) is 10.4 Å². The lowest BCUT2D eigenvalue weighted by atomic mass is 10.3. The van der Waals surface area contributed by atoms with E-state index in [1.54, 1.807) is 36.4 Å². The lowest BCUT2D eigenvalue weighted by Crippen LogP contribution is -2.13. The molecule has 0 unspecified atom stereocenters. The Morgan fingerprint density at radius 3 is 2.65 bits per heavy atom. The molecule has 0 aliphatic heterocycles. The molecule has 1 heterocycles. The molecule has 0 fully saturated rings. The zero-order chi connectivity index (χ0) is 14.2. The SMILES string of the molecule is O=S(=O)(Nc1ccccc1Cl)c1cccc2nonc12. The molecule has 1 N–H and O–H groups in total. The third kappa shape index (κ3) is 2.21. The van der Waals surface area contributed by atoms with Crippen LogP contribution in [0.25, 0.3) is 11.0 Å². The average Bonchev–Trinajstić information content (AvgIpc) is 2.89. The minimum atomic E-state index is -3.83. The Kier molecular flexibility index (Phi) is 3.07. The molecular weight excluding hydrogens is 302 g/mol. The van der Waals surface area contributed by atoms with Crippen molar-refractivity contribution in [1.82, 2.24) is 10.3 Å². The van der Waals surface area contributed by atoms with Gasteiger partial charge >= 0.3 is 0 Å². The van der Waals surface area contributed by atoms with E-state index in [0.717, 1.165) is 0 Å². The molecule has 0 radical (unpaired) electrons. The summed E-state index contributed by atoms with van der Waals surface area (Å²) in [5, 5.41) is 7.53. The summed E-state index contributed by atoms with van der Waals surface area (Å²) in [4.78, 5) is -0.0174. The first-order valence-corrected chi connectivity index (χ1v) is 7.43. The van der Waals surface area contributed by atoms with E-state index in [1.165, 1.54) is 6.07 Å². The first kappa shape index (κ1) is 12.9. The van der Waals surface area contributed by atoms with E-state index < -0.39 is 10.0 Å². The number of nitrogens with zero attached hydrogens (tertiary/aromatic N) is 2. The van der Waals surface area contributed by atoms with Gasteiger partial charge in [-0.3, -0.25) is 4.72 Å². The molecule has 0 bridgehead atoms. The minimum Gasteiger partial charge on any atom is -0.278 e. The number of sulfonamides is 1. The molecule has 102 valence electrons. The highest BCUT2D eigenvalue weighted by molar-refractivity contribution is 7.93. The second-order valence-electron chi connectivity index (χ2n) is 3.97. The molecule has 0 aliphatic carbocycles. The van der Waals surface area contributed by atoms with Gasteiger partial charge < -0.3 is 0 Å². The van der Waals surface area contributed by atoms with Crippen LogP contribution in [0.3, 0.4) is 0 Å². The van der Waals surface area contributed by atoms with E-state index in [4.69, 9.17) is 11.6 Å². The van der Waals surface area contributed by atoms with Gasteiger partial charge in [-0.05, 0) is 34.6 Å². The maximum absolute atomic E-state index is 12.4. The standard InChI is InChI=1S/C12H8ClN3O3S/c13-8-4-1-2-5-9(8)16-20(17,18)11-7-3-6-10-12(11)15-19-14-10/h1-7,16H. The molecule has 3 rings (SSSR count). The van der Waals surface area contributed by atoms with Gasteiger partial charge in [0.2, 0.25) is 0 Å². The second kappa shape index (κ2) is 4.77. The van der Waals surface area contributed by atoms with Crippen molar-refractivity contribution in [2.24, 2.45) is 0 Å². The van der Waals surface area contributed by atoms with Gasteiger partial charge in [0.1, 0.15) is 10.4 Å². The highest BCUT2D eigenvalue weighted by atomic mass is 35.5. The van der Waals surface area contributed by atoms with Crippen LogP contribution in [0.15, 0.2) is 52.0 Å². The molecular formula is C12H8ClN3O3S. The summed E-state index contributed by atoms with van der Waals surface area (Å²) >= 11 is 5.94. The van der Waals surface area contributed by atoms with Gasteiger partial charge in [0.25, 0.3) is 10.0 Å². The molecule has 3 aromatic rings. The molecule has 0 saturated heterocycles. The summed E-state index contributed by atoms with van der Waals surface area (Å²) < 4.78 is 31.7. The number of rotatable bonds is 3. The number of para-hydroxylation sites is 1. The van der Waals surface area contributed by atoms with E-state index in [9.17, 15) is 8.42 Å². The van der Waals surface area contributed by atoms with Crippen LogP contribution in [0.2, 0.25) is 5.02 Å². The van der Waals surface area contributed by atoms with Gasteiger partial charge in [0, 0.05) is 0 Å². The molecule has 8 heteroatoms. The molecule has 0 spiro atoms. The number of nitrogens with one attached hydrogen (secondary N) is 1. The highest BCUT2D eigenvalue weighted by Crippen LogP contribution is 2.26. The number of aromatic nitrogens is 2. The van der Waals surface area contributed by atoms with Crippen molar-refractivity contribution < 1.29 is 13.0 Å². The second-order valence-corrected chi connectivity index (χ2v) is 6.03. The molecule has 0 aliphatic rings. The Labute approximate surface area is 119 Å². The number of fused-ring (bicyclic) bond motifs is 1. The molecule has 1 aromatic heterocycles. The zero-order valence-electron chi connectivity index (χ0n) is 9.95. The van der Waals surface area contributed by atoms with Crippen LogP contribution in [-0.4, -0.2) is 18.7 Å². The maximum Gasteiger partial charge on any atom is 0.264 e. The normalized spacial score (nSPS) is 11.7. The monoisotopic (exact) mass is 309 g/mol. The van der Waals surface area contributed by atoms with Gasteiger partial charge in [-0.2, -0.15) is 0 Å². The smallest absolute Gasteiger partial charge is 0.264 e. The van der Waals surface area contributed by atoms with Crippen molar-refractivity contribution in [3.8, 4) is 0 Å². The molecule has 6 nitrogen and oxygen atoms in total. The Bertz CT molecular complexity index is 876. The predicted molar refractivity (Wildman–Crippen MR) is 74.1 cm³/mol. The van der Waals surface area contributed by atoms with Gasteiger partial charge in [-0.1, -0.05) is 29.8 Å². The van der Waals surface area contributed by atoms with Gasteiger partial charge in [0.05, 0.1) is 10.7 Å². The van der Waals surface area contributed by atoms with Crippen LogP contribution in [0.4, 0.5) is 5.69 Å². The topological polar surface area (TPSA) is 85.1 Å². The summed E-state index contributed by atoms with van der Waals surface area (Å²) in [6, 6.07) is 11.2. The average molecular weight is 310 g/mol. The van der Waals surface area contributed by atoms with Gasteiger partial charge in [0.15, 0.2) is 5.52 Å². The maximum atomic E-state index is 12.4. The van der Waals surface area contributed by atoms with E-state index >= 15 is 0 Å². The van der Waals surface area contributed by atoms with E-state index in [2.05, 4.69) is 19.7 Å². The number of hydrogen-bond donors (Lipinski definition) is 1. The fourth-order valence-electron chi connectivity index (χ4n) is 1.74. The largest absolute Gasteiger partial charge is 0.278 e. The van der Waals surface area contributed by atoms with Crippen molar-refractivity contribution in [3.05, 3.63) is 47.5 Å². The molecule has 20 heavy (non-hydrogen) atoms. The summed E-state index contributed by atoms with van der Waals surface area (Å²) in [6.07, 6.45) is 0. The first-order valence-electron chi connectivity index (χ1n) is 5.56. The molecule has 2 aromatic carbocycles. The zero-order valence-corrected chi connectivity index (χ0v) is 11.5. The Morgan fingerprint density at radius 1 is 1.05 bits per heavy atom. The predicted octanol–water partition coefficient (Wildman–Crippen LogP) is 2.68. The van der Waals surface area contributed by atoms with Crippen LogP contribution in [0.1, 0.15) is 0 Å². The summed E-state index contributed by atoms with van der Waals surface area (Å²) in [6.45, 7) is 0. The van der Waals surface area contributed by atoms with Gasteiger partial charge in [-0.25, -0.2) is 13.0 Å². The van der Waals surface area contributed by atoms with Crippen molar-refractivity contribution >= 4 is 38.3 Å². The van der Waals surface area contributed by atoms with Gasteiger partial charge in [-0.15, -0.1) is 0 Å². The minimum absolute atomic E-state index is 0.0174. The van der Waals surface area contributed by atoms with Crippen LogP contribution < -0.4 is 4.72 Å². The van der Waals surface area contributed by atoms with E-state index in [0.29, 0.717) is 16.2 Å². The highest BCUT2D eigenvalue weighted by Gasteiger charge is 2.21. The number of halogens is 1. The third-order valence-electron chi connectivity index (χ3n) is 2.66. The van der Waals surface area contributed by atoms with Crippen LogP contribution >= 0.6 is 11.6 Å². The molecule has 0 amide bonds. The van der Waals surface area contributed by atoms with Crippen molar-refractivity contribution in [2.75, 3.05) is 4.72 Å². The quantitative estimate of drug-likeness (QED) is 0.804. The Morgan fingerprint density at radius 2 is 1.85 bits per heavy atom. The lowest BCUT2D eigenvalue weighted by Gasteiger charge is -2.09. The van der Waals surface area contributed by atoms with Crippen LogP contribution in [-0.2, 0) is 10.0 Å². The fourth-order valence-corrected chi connectivity index (χ4v) is 3.21. The fraction of sp³-hybridized carbons (Fsp3) is 0. The summed E-state index contributed by atoms with van der Waals surface area (Å²) in [5.74, 6) is 0.